The molecule has 1 saturated heterocycles. The zero-order valence-electron chi connectivity index (χ0n) is 6.58. The first-order valence-electron chi connectivity index (χ1n) is 4.12. The molecular weight excluding hydrogens is 150 g/mol. The predicted octanol–water partition coefficient (Wildman–Crippen LogP) is 1.66. The second-order valence-corrected chi connectivity index (χ2v) is 3.19. The number of nitrogens with one attached hydrogen (secondary N) is 1. The number of fused-ring (bicyclic) bond motifs is 3. The van der Waals surface area contributed by atoms with Crippen LogP contribution in [0.25, 0.3) is 6.08 Å². The van der Waals surface area contributed by atoms with E-state index in [0.717, 1.165) is 6.61 Å². The molecule has 1 aliphatic heterocycles. The van der Waals surface area contributed by atoms with Crippen molar-refractivity contribution >= 4 is 6.08 Å². The Morgan fingerprint density at radius 3 is 3.25 bits per heavy atom. The molecule has 2 nitrogen and oxygen atoms in total. The van der Waals surface area contributed by atoms with Gasteiger partial charge in [-0.3, -0.25) is 4.84 Å². The topological polar surface area (TPSA) is 21.3 Å². The molecule has 0 saturated carbocycles. The second kappa shape index (κ2) is 2.19. The van der Waals surface area contributed by atoms with Crippen LogP contribution in [-0.2, 0) is 4.84 Å². The molecule has 1 aromatic rings. The number of rotatable bonds is 0. The first kappa shape index (κ1) is 6.40. The molecule has 0 radical (unpaired) electrons. The fourth-order valence-electron chi connectivity index (χ4n) is 1.86. The van der Waals surface area contributed by atoms with Crippen LogP contribution in [0, 0.1) is 0 Å². The molecule has 60 valence electrons. The Kier molecular flexibility index (Phi) is 1.17. The molecule has 12 heavy (non-hydrogen) atoms. The summed E-state index contributed by atoms with van der Waals surface area (Å²) in [5, 5.41) is 0. The third-order valence-corrected chi connectivity index (χ3v) is 2.46. The summed E-state index contributed by atoms with van der Waals surface area (Å²) in [6, 6.07) is 8.74. The lowest BCUT2D eigenvalue weighted by Gasteiger charge is -2.06. The molecule has 2 heteroatoms. The molecule has 0 amide bonds. The Bertz CT molecular complexity index is 357. The third kappa shape index (κ3) is 0.709. The van der Waals surface area contributed by atoms with Gasteiger partial charge in [-0.05, 0) is 16.7 Å². The number of hydroxylamine groups is 1. The van der Waals surface area contributed by atoms with Crippen molar-refractivity contribution in [1.82, 2.24) is 5.48 Å². The quantitative estimate of drug-likeness (QED) is 0.621. The molecule has 1 unspecified atom stereocenters. The van der Waals surface area contributed by atoms with Gasteiger partial charge in [0.1, 0.15) is 0 Å². The minimum absolute atomic E-state index is 0.321. The molecule has 2 aliphatic rings. The fourth-order valence-corrected chi connectivity index (χ4v) is 1.86. The van der Waals surface area contributed by atoms with Crippen molar-refractivity contribution in [2.45, 2.75) is 6.04 Å². The minimum Gasteiger partial charge on any atom is -0.296 e. The summed E-state index contributed by atoms with van der Waals surface area (Å²) in [5.74, 6) is 0. The third-order valence-electron chi connectivity index (χ3n) is 2.46. The van der Waals surface area contributed by atoms with Crippen molar-refractivity contribution in [3.63, 3.8) is 0 Å². The fraction of sp³-hybridized carbons (Fsp3) is 0.200. The number of hydrogen-bond donors (Lipinski definition) is 1. The zero-order chi connectivity index (χ0) is 7.97. The van der Waals surface area contributed by atoms with Gasteiger partial charge in [0, 0.05) is 0 Å². The van der Waals surface area contributed by atoms with Crippen LogP contribution in [0.5, 0.6) is 0 Å². The van der Waals surface area contributed by atoms with Gasteiger partial charge in [0.15, 0.2) is 0 Å². The molecule has 0 spiro atoms. The lowest BCUT2D eigenvalue weighted by Crippen LogP contribution is -2.10. The molecule has 1 N–H and O–H groups in total. The highest BCUT2D eigenvalue weighted by molar-refractivity contribution is 5.66. The van der Waals surface area contributed by atoms with Crippen molar-refractivity contribution < 1.29 is 4.84 Å². The summed E-state index contributed by atoms with van der Waals surface area (Å²) in [7, 11) is 0. The minimum atomic E-state index is 0.321. The van der Waals surface area contributed by atoms with Crippen LogP contribution in [0.2, 0.25) is 0 Å². The van der Waals surface area contributed by atoms with E-state index in [1.807, 2.05) is 0 Å². The maximum atomic E-state index is 5.15. The highest BCUT2D eigenvalue weighted by Crippen LogP contribution is 2.36. The SMILES string of the molecule is C1=C2CONC2c2ccccc21. The van der Waals surface area contributed by atoms with E-state index in [4.69, 9.17) is 4.84 Å². The zero-order valence-corrected chi connectivity index (χ0v) is 6.58. The van der Waals surface area contributed by atoms with E-state index in [2.05, 4.69) is 35.8 Å². The Balaban J connectivity index is 2.18. The van der Waals surface area contributed by atoms with E-state index in [9.17, 15) is 0 Å². The molecule has 3 rings (SSSR count). The normalized spacial score (nSPS) is 25.0. The van der Waals surface area contributed by atoms with Gasteiger partial charge >= 0.3 is 0 Å². The maximum absolute atomic E-state index is 5.15. The molecule has 0 aromatic heterocycles. The highest BCUT2D eigenvalue weighted by atomic mass is 16.7. The van der Waals surface area contributed by atoms with Crippen molar-refractivity contribution in [2.75, 3.05) is 6.61 Å². The van der Waals surface area contributed by atoms with Crippen LogP contribution in [0.3, 0.4) is 0 Å². The van der Waals surface area contributed by atoms with Crippen molar-refractivity contribution in [3.05, 3.63) is 41.0 Å². The average Bonchev–Trinajstić information content (AvgIpc) is 2.62. The van der Waals surface area contributed by atoms with Crippen LogP contribution in [0.4, 0.5) is 0 Å². The van der Waals surface area contributed by atoms with Gasteiger partial charge in [-0.15, -0.1) is 0 Å². The van der Waals surface area contributed by atoms with Crippen LogP contribution in [-0.4, -0.2) is 6.61 Å². The van der Waals surface area contributed by atoms with E-state index >= 15 is 0 Å². The smallest absolute Gasteiger partial charge is 0.0915 e. The van der Waals surface area contributed by atoms with Crippen molar-refractivity contribution in [3.8, 4) is 0 Å². The van der Waals surface area contributed by atoms with Crippen molar-refractivity contribution in [2.24, 2.45) is 0 Å². The lowest BCUT2D eigenvalue weighted by molar-refractivity contribution is 0.0893. The lowest BCUT2D eigenvalue weighted by atomic mass is 10.1. The summed E-state index contributed by atoms with van der Waals surface area (Å²) in [6.07, 6.45) is 2.21. The van der Waals surface area contributed by atoms with E-state index < -0.39 is 0 Å². The number of hydrogen-bond acceptors (Lipinski definition) is 2. The Hall–Kier alpha value is -1.12. The van der Waals surface area contributed by atoms with E-state index in [-0.39, 0.29) is 0 Å². The molecule has 1 atom stereocenters. The molecule has 1 heterocycles. The monoisotopic (exact) mass is 159 g/mol. The first-order chi connectivity index (χ1) is 5.95. The van der Waals surface area contributed by atoms with Gasteiger partial charge in [-0.2, -0.15) is 5.48 Å². The van der Waals surface area contributed by atoms with Crippen LogP contribution in [0.15, 0.2) is 29.8 Å². The maximum Gasteiger partial charge on any atom is 0.0915 e. The van der Waals surface area contributed by atoms with E-state index in [0.29, 0.717) is 6.04 Å². The van der Waals surface area contributed by atoms with Gasteiger partial charge in [0.2, 0.25) is 0 Å². The summed E-state index contributed by atoms with van der Waals surface area (Å²) in [5.41, 5.74) is 7.02. The first-order valence-corrected chi connectivity index (χ1v) is 4.12. The Morgan fingerprint density at radius 2 is 2.25 bits per heavy atom. The summed E-state index contributed by atoms with van der Waals surface area (Å²) < 4.78 is 0. The van der Waals surface area contributed by atoms with Gasteiger partial charge in [0.05, 0.1) is 12.6 Å². The van der Waals surface area contributed by atoms with E-state index in [1.54, 1.807) is 0 Å². The summed E-state index contributed by atoms with van der Waals surface area (Å²) >= 11 is 0. The summed E-state index contributed by atoms with van der Waals surface area (Å²) in [6.45, 7) is 0.722. The number of benzene rings is 1. The van der Waals surface area contributed by atoms with Gasteiger partial charge < -0.3 is 0 Å². The van der Waals surface area contributed by atoms with E-state index in [1.165, 1.54) is 16.7 Å². The molecule has 0 bridgehead atoms. The van der Waals surface area contributed by atoms with Crippen LogP contribution >= 0.6 is 0 Å². The predicted molar refractivity (Wildman–Crippen MR) is 46.2 cm³/mol. The standard InChI is InChI=1S/C10H9NO/c1-2-4-9-7(3-1)5-8-6-12-11-10(8)9/h1-5,10-11H,6H2. The van der Waals surface area contributed by atoms with Gasteiger partial charge in [-0.1, -0.05) is 30.3 Å². The molecule has 1 aliphatic carbocycles. The largest absolute Gasteiger partial charge is 0.296 e. The van der Waals surface area contributed by atoms with Gasteiger partial charge in [0.25, 0.3) is 0 Å². The molecule has 1 aromatic carbocycles. The second-order valence-electron chi connectivity index (χ2n) is 3.19. The highest BCUT2D eigenvalue weighted by Gasteiger charge is 2.29. The molecular formula is C10H9NO. The Morgan fingerprint density at radius 1 is 1.33 bits per heavy atom. The van der Waals surface area contributed by atoms with Crippen LogP contribution in [0.1, 0.15) is 17.2 Å². The summed E-state index contributed by atoms with van der Waals surface area (Å²) in [4.78, 5) is 5.15. The van der Waals surface area contributed by atoms with Crippen molar-refractivity contribution in [1.29, 1.82) is 0 Å². The Labute approximate surface area is 70.8 Å². The van der Waals surface area contributed by atoms with Crippen LogP contribution < -0.4 is 5.48 Å². The van der Waals surface area contributed by atoms with Gasteiger partial charge in [-0.25, -0.2) is 0 Å². The average molecular weight is 159 g/mol. The molecule has 1 fully saturated rings.